The van der Waals surface area contributed by atoms with Crippen LogP contribution in [0.25, 0.3) is 0 Å². The third-order valence-corrected chi connectivity index (χ3v) is 6.32. The van der Waals surface area contributed by atoms with Gasteiger partial charge >= 0.3 is 0 Å². The number of sulfonamides is 1. The zero-order chi connectivity index (χ0) is 17.9. The summed E-state index contributed by atoms with van der Waals surface area (Å²) >= 11 is 1.23. The minimum atomic E-state index is -3.57. The van der Waals surface area contributed by atoms with Crippen molar-refractivity contribution in [1.82, 2.24) is 9.80 Å². The summed E-state index contributed by atoms with van der Waals surface area (Å²) in [6.45, 7) is 2.96. The number of rotatable bonds is 5. The maximum atomic E-state index is 12.7. The smallest absolute Gasteiger partial charge is 0.256 e. The maximum absolute atomic E-state index is 12.7. The van der Waals surface area contributed by atoms with Crippen LogP contribution in [0.4, 0.5) is 5.00 Å². The highest BCUT2D eigenvalue weighted by Gasteiger charge is 2.25. The summed E-state index contributed by atoms with van der Waals surface area (Å²) in [5.41, 5.74) is 1.13. The predicted octanol–water partition coefficient (Wildman–Crippen LogP) is 2.08. The molecule has 2 aromatic rings. The van der Waals surface area contributed by atoms with Crippen molar-refractivity contribution in [2.45, 2.75) is 5.75 Å². The summed E-state index contributed by atoms with van der Waals surface area (Å²) in [4.78, 5) is 16.7. The van der Waals surface area contributed by atoms with Crippen molar-refractivity contribution in [1.29, 1.82) is 0 Å². The number of amides is 1. The summed E-state index contributed by atoms with van der Waals surface area (Å²) in [7, 11) is -1.55. The molecular weight excluding hydrogens is 358 g/mol. The Bertz CT molecular complexity index is 826. The van der Waals surface area contributed by atoms with E-state index in [1.54, 1.807) is 40.6 Å². The van der Waals surface area contributed by atoms with Crippen LogP contribution in [0, 0.1) is 0 Å². The molecule has 25 heavy (non-hydrogen) atoms. The van der Waals surface area contributed by atoms with Gasteiger partial charge in [0.1, 0.15) is 5.00 Å². The second-order valence-electron chi connectivity index (χ2n) is 6.11. The minimum absolute atomic E-state index is 0.117. The molecule has 1 aromatic heterocycles. The number of anilines is 1. The number of benzene rings is 1. The number of hydrogen-bond donors (Lipinski definition) is 1. The molecule has 1 fully saturated rings. The Morgan fingerprint density at radius 3 is 2.48 bits per heavy atom. The molecule has 1 N–H and O–H groups in total. The van der Waals surface area contributed by atoms with Crippen molar-refractivity contribution in [2.75, 3.05) is 37.9 Å². The summed E-state index contributed by atoms with van der Waals surface area (Å²) in [6, 6.07) is 10.7. The molecule has 1 aromatic carbocycles. The molecule has 0 atom stereocenters. The lowest BCUT2D eigenvalue weighted by molar-refractivity contribution is 0.0665. The zero-order valence-electron chi connectivity index (χ0n) is 14.0. The van der Waals surface area contributed by atoms with Gasteiger partial charge in [-0.15, -0.1) is 11.3 Å². The van der Waals surface area contributed by atoms with Gasteiger partial charge in [-0.1, -0.05) is 30.3 Å². The van der Waals surface area contributed by atoms with E-state index in [1.807, 2.05) is 13.1 Å². The molecule has 0 aliphatic carbocycles. The van der Waals surface area contributed by atoms with Crippen LogP contribution in [0.1, 0.15) is 15.9 Å². The largest absolute Gasteiger partial charge is 0.336 e. The second kappa shape index (κ2) is 7.55. The second-order valence-corrected chi connectivity index (χ2v) is 8.74. The minimum Gasteiger partial charge on any atom is -0.336 e. The van der Waals surface area contributed by atoms with Gasteiger partial charge in [0, 0.05) is 26.2 Å². The first-order chi connectivity index (χ1) is 11.9. The third kappa shape index (κ3) is 4.59. The van der Waals surface area contributed by atoms with Gasteiger partial charge in [0.15, 0.2) is 0 Å². The van der Waals surface area contributed by atoms with E-state index < -0.39 is 10.0 Å². The van der Waals surface area contributed by atoms with E-state index in [2.05, 4.69) is 9.62 Å². The molecule has 3 rings (SSSR count). The summed E-state index contributed by atoms with van der Waals surface area (Å²) in [5.74, 6) is -0.236. The molecule has 0 spiro atoms. The first-order valence-electron chi connectivity index (χ1n) is 8.04. The van der Waals surface area contributed by atoms with E-state index in [1.165, 1.54) is 11.3 Å². The molecule has 0 unspecified atom stereocenters. The fraction of sp³-hybridized carbons (Fsp3) is 0.353. The predicted molar refractivity (Wildman–Crippen MR) is 100 cm³/mol. The lowest BCUT2D eigenvalue weighted by Crippen LogP contribution is -2.47. The van der Waals surface area contributed by atoms with Gasteiger partial charge in [-0.3, -0.25) is 9.52 Å². The van der Waals surface area contributed by atoms with E-state index in [4.69, 9.17) is 0 Å². The van der Waals surface area contributed by atoms with Crippen molar-refractivity contribution < 1.29 is 13.2 Å². The molecule has 1 aliphatic rings. The quantitative estimate of drug-likeness (QED) is 0.864. The Morgan fingerprint density at radius 1 is 1.12 bits per heavy atom. The van der Waals surface area contributed by atoms with Gasteiger partial charge in [-0.25, -0.2) is 8.42 Å². The van der Waals surface area contributed by atoms with Crippen LogP contribution in [0.15, 0.2) is 41.8 Å². The molecule has 0 radical (unpaired) electrons. The fourth-order valence-electron chi connectivity index (χ4n) is 2.71. The van der Waals surface area contributed by atoms with E-state index >= 15 is 0 Å². The highest BCUT2D eigenvalue weighted by molar-refractivity contribution is 7.92. The Morgan fingerprint density at radius 2 is 1.80 bits per heavy atom. The van der Waals surface area contributed by atoms with Crippen LogP contribution in [0.2, 0.25) is 0 Å². The van der Waals surface area contributed by atoms with Crippen molar-refractivity contribution in [3.05, 3.63) is 52.9 Å². The Labute approximate surface area is 152 Å². The average Bonchev–Trinajstić information content (AvgIpc) is 3.02. The molecule has 1 saturated heterocycles. The van der Waals surface area contributed by atoms with E-state index in [9.17, 15) is 13.2 Å². The molecule has 0 bridgehead atoms. The number of piperazine rings is 1. The Kier molecular flexibility index (Phi) is 5.41. The number of nitrogens with zero attached hydrogens (tertiary/aromatic N) is 2. The van der Waals surface area contributed by atoms with Crippen molar-refractivity contribution >= 4 is 32.3 Å². The molecule has 1 aliphatic heterocycles. The van der Waals surface area contributed by atoms with Gasteiger partial charge in [0.2, 0.25) is 10.0 Å². The van der Waals surface area contributed by atoms with Gasteiger partial charge < -0.3 is 9.80 Å². The SMILES string of the molecule is CN1CCN(C(=O)c2ccsc2NS(=O)(=O)Cc2ccccc2)CC1. The molecule has 2 heterocycles. The first-order valence-corrected chi connectivity index (χ1v) is 10.6. The molecular formula is C17H21N3O3S2. The molecule has 0 saturated carbocycles. The number of nitrogens with one attached hydrogen (secondary N) is 1. The van der Waals surface area contributed by atoms with Crippen LogP contribution in [-0.2, 0) is 15.8 Å². The maximum Gasteiger partial charge on any atom is 0.256 e. The Balaban J connectivity index is 1.72. The summed E-state index contributed by atoms with van der Waals surface area (Å²) in [5, 5.41) is 2.13. The van der Waals surface area contributed by atoms with Crippen LogP contribution >= 0.6 is 11.3 Å². The van der Waals surface area contributed by atoms with E-state index in [-0.39, 0.29) is 11.7 Å². The molecule has 6 nitrogen and oxygen atoms in total. The molecule has 134 valence electrons. The van der Waals surface area contributed by atoms with Crippen LogP contribution < -0.4 is 4.72 Å². The lowest BCUT2D eigenvalue weighted by atomic mass is 10.2. The van der Waals surface area contributed by atoms with Gasteiger partial charge in [-0.05, 0) is 24.1 Å². The number of carbonyl (C=O) groups is 1. The number of hydrogen-bond acceptors (Lipinski definition) is 5. The summed E-state index contributed by atoms with van der Waals surface area (Å²) in [6.07, 6.45) is 0. The normalized spacial score (nSPS) is 16.0. The highest BCUT2D eigenvalue weighted by atomic mass is 32.2. The highest BCUT2D eigenvalue weighted by Crippen LogP contribution is 2.27. The Hall–Kier alpha value is -1.90. The van der Waals surface area contributed by atoms with Crippen LogP contribution in [0.5, 0.6) is 0 Å². The van der Waals surface area contributed by atoms with Gasteiger partial charge in [0.25, 0.3) is 5.91 Å². The molecule has 8 heteroatoms. The van der Waals surface area contributed by atoms with Crippen molar-refractivity contribution in [2.24, 2.45) is 0 Å². The third-order valence-electron chi connectivity index (χ3n) is 4.13. The number of thiophene rings is 1. The molecule has 1 amide bonds. The monoisotopic (exact) mass is 379 g/mol. The zero-order valence-corrected chi connectivity index (χ0v) is 15.6. The topological polar surface area (TPSA) is 69.7 Å². The lowest BCUT2D eigenvalue weighted by Gasteiger charge is -2.32. The fourth-order valence-corrected chi connectivity index (χ4v) is 5.00. The van der Waals surface area contributed by atoms with Crippen molar-refractivity contribution in [3.63, 3.8) is 0 Å². The van der Waals surface area contributed by atoms with Crippen LogP contribution in [-0.4, -0.2) is 57.4 Å². The number of carbonyl (C=O) groups excluding carboxylic acids is 1. The number of likely N-dealkylation sites (N-methyl/N-ethyl adjacent to an activating group) is 1. The average molecular weight is 380 g/mol. The summed E-state index contributed by atoms with van der Waals surface area (Å²) < 4.78 is 27.4. The van der Waals surface area contributed by atoms with Crippen molar-refractivity contribution in [3.8, 4) is 0 Å². The van der Waals surface area contributed by atoms with Gasteiger partial charge in [0.05, 0.1) is 11.3 Å². The first kappa shape index (κ1) is 17.9. The van der Waals surface area contributed by atoms with Crippen LogP contribution in [0.3, 0.4) is 0 Å². The van der Waals surface area contributed by atoms with E-state index in [0.29, 0.717) is 29.2 Å². The van der Waals surface area contributed by atoms with E-state index in [0.717, 1.165) is 13.1 Å². The standard InChI is InChI=1S/C17H21N3O3S2/c1-19-8-10-20(11-9-19)17(21)15-7-12-24-16(15)18-25(22,23)13-14-5-3-2-4-6-14/h2-7,12,18H,8-11,13H2,1H3. The van der Waals surface area contributed by atoms with Gasteiger partial charge in [-0.2, -0.15) is 0 Å².